The third kappa shape index (κ3) is 3.36. The van der Waals surface area contributed by atoms with E-state index in [0.717, 1.165) is 33.4 Å². The highest BCUT2D eigenvalue weighted by molar-refractivity contribution is 5.93. The summed E-state index contributed by atoms with van der Waals surface area (Å²) in [5.41, 5.74) is 6.55. The minimum atomic E-state index is -0.498. The van der Waals surface area contributed by atoms with Crippen LogP contribution in [-0.2, 0) is 6.42 Å². The maximum absolute atomic E-state index is 11.9. The van der Waals surface area contributed by atoms with Crippen LogP contribution in [-0.4, -0.2) is 15.9 Å². The lowest BCUT2D eigenvalue weighted by Crippen LogP contribution is -2.19. The first-order valence-electron chi connectivity index (χ1n) is 8.97. The summed E-state index contributed by atoms with van der Waals surface area (Å²) in [5, 5.41) is 11.9. The highest BCUT2D eigenvalue weighted by Crippen LogP contribution is 2.32. The minimum absolute atomic E-state index is 0.232. The molecule has 0 radical (unpaired) electrons. The molecule has 0 atom stereocenters. The normalized spacial score (nSPS) is 10.6. The number of pyridine rings is 1. The van der Waals surface area contributed by atoms with Gasteiger partial charge in [0.15, 0.2) is 6.19 Å². The van der Waals surface area contributed by atoms with Crippen LogP contribution < -0.4 is 5.32 Å². The predicted octanol–water partition coefficient (Wildman–Crippen LogP) is 4.34. The molecule has 2 aromatic heterocycles. The summed E-state index contributed by atoms with van der Waals surface area (Å²) >= 11 is 0. The molecule has 2 N–H and O–H groups in total. The molecule has 4 rings (SSSR count). The van der Waals surface area contributed by atoms with Crippen molar-refractivity contribution in [2.75, 3.05) is 0 Å². The van der Waals surface area contributed by atoms with Crippen molar-refractivity contribution in [1.82, 2.24) is 15.3 Å². The number of fused-ring (bicyclic) bond motifs is 1. The number of amides is 1. The molecule has 28 heavy (non-hydrogen) atoms. The van der Waals surface area contributed by atoms with E-state index < -0.39 is 5.91 Å². The molecular formula is C23H18N4O. The van der Waals surface area contributed by atoms with Gasteiger partial charge in [-0.1, -0.05) is 48.5 Å². The Labute approximate surface area is 162 Å². The highest BCUT2D eigenvalue weighted by atomic mass is 16.1. The quantitative estimate of drug-likeness (QED) is 0.416. The van der Waals surface area contributed by atoms with Crippen molar-refractivity contribution in [3.63, 3.8) is 0 Å². The Kier molecular flexibility index (Phi) is 4.61. The van der Waals surface area contributed by atoms with Gasteiger partial charge in [0.1, 0.15) is 5.69 Å². The van der Waals surface area contributed by atoms with E-state index in [1.54, 1.807) is 18.3 Å². The number of hydrogen-bond donors (Lipinski definition) is 2. The maximum Gasteiger partial charge on any atom is 0.282 e. The standard InChI is InChI=1S/C23H18N4O/c1-15-10-11-18-19(13-17-8-5-9-20(26-17)23(28)25-14-24)22(27-21(18)12-15)16-6-3-2-4-7-16/h2-12,27H,13H2,1H3,(H,25,28). The molecular weight excluding hydrogens is 348 g/mol. The van der Waals surface area contributed by atoms with Crippen molar-refractivity contribution in [1.29, 1.82) is 5.26 Å². The number of hydrogen-bond acceptors (Lipinski definition) is 3. The van der Waals surface area contributed by atoms with E-state index >= 15 is 0 Å². The van der Waals surface area contributed by atoms with Crippen LogP contribution in [0.2, 0.25) is 0 Å². The van der Waals surface area contributed by atoms with Gasteiger partial charge in [-0.15, -0.1) is 0 Å². The number of carbonyl (C=O) groups is 1. The number of aryl methyl sites for hydroxylation is 1. The number of aromatic nitrogens is 2. The van der Waals surface area contributed by atoms with Crippen LogP contribution in [0.3, 0.4) is 0 Å². The van der Waals surface area contributed by atoms with Gasteiger partial charge in [-0.25, -0.2) is 4.98 Å². The second-order valence-electron chi connectivity index (χ2n) is 6.65. The smallest absolute Gasteiger partial charge is 0.282 e. The number of nitrogens with one attached hydrogen (secondary N) is 2. The van der Waals surface area contributed by atoms with Crippen LogP contribution in [0.15, 0.2) is 66.7 Å². The molecule has 5 heteroatoms. The van der Waals surface area contributed by atoms with E-state index in [1.807, 2.05) is 24.3 Å². The average Bonchev–Trinajstić information content (AvgIpc) is 3.06. The van der Waals surface area contributed by atoms with Crippen LogP contribution in [0.1, 0.15) is 27.3 Å². The summed E-state index contributed by atoms with van der Waals surface area (Å²) in [6, 6.07) is 21.8. The Morgan fingerprint density at radius 3 is 2.71 bits per heavy atom. The topological polar surface area (TPSA) is 81.6 Å². The zero-order chi connectivity index (χ0) is 19.5. The summed E-state index contributed by atoms with van der Waals surface area (Å²) in [4.78, 5) is 19.9. The first-order chi connectivity index (χ1) is 13.7. The molecule has 4 aromatic rings. The van der Waals surface area contributed by atoms with Gasteiger partial charge in [0, 0.05) is 23.0 Å². The van der Waals surface area contributed by atoms with Gasteiger partial charge in [0.05, 0.1) is 5.69 Å². The summed E-state index contributed by atoms with van der Waals surface area (Å²) in [5.74, 6) is -0.498. The second-order valence-corrected chi connectivity index (χ2v) is 6.65. The number of aromatic amines is 1. The SMILES string of the molecule is Cc1ccc2c(Cc3cccc(C(=O)NC#N)n3)c(-c3ccccc3)[nH]c2c1. The largest absolute Gasteiger partial charge is 0.354 e. The number of nitrogens with zero attached hydrogens (tertiary/aromatic N) is 2. The fraction of sp³-hybridized carbons (Fsp3) is 0.0870. The number of carbonyl (C=O) groups excluding carboxylic acids is 1. The van der Waals surface area contributed by atoms with E-state index in [-0.39, 0.29) is 5.69 Å². The third-order valence-corrected chi connectivity index (χ3v) is 4.69. The lowest BCUT2D eigenvalue weighted by molar-refractivity contribution is 0.0968. The molecule has 1 amide bonds. The van der Waals surface area contributed by atoms with Crippen molar-refractivity contribution in [3.8, 4) is 17.5 Å². The number of rotatable bonds is 4. The van der Waals surface area contributed by atoms with Crippen molar-refractivity contribution in [2.24, 2.45) is 0 Å². The summed E-state index contributed by atoms with van der Waals surface area (Å²) in [6.45, 7) is 2.07. The van der Waals surface area contributed by atoms with Crippen LogP contribution in [0.4, 0.5) is 0 Å². The number of H-pyrrole nitrogens is 1. The van der Waals surface area contributed by atoms with Gasteiger partial charge >= 0.3 is 0 Å². The molecule has 0 aliphatic heterocycles. The lowest BCUT2D eigenvalue weighted by atomic mass is 10.00. The number of benzene rings is 2. The van der Waals surface area contributed by atoms with Gasteiger partial charge in [-0.05, 0) is 41.8 Å². The van der Waals surface area contributed by atoms with E-state index in [2.05, 4.69) is 52.5 Å². The van der Waals surface area contributed by atoms with Crippen LogP contribution >= 0.6 is 0 Å². The van der Waals surface area contributed by atoms with Crippen LogP contribution in [0.5, 0.6) is 0 Å². The molecule has 2 heterocycles. The van der Waals surface area contributed by atoms with E-state index in [1.165, 1.54) is 5.56 Å². The van der Waals surface area contributed by atoms with Crippen molar-refractivity contribution < 1.29 is 4.79 Å². The molecule has 2 aromatic carbocycles. The van der Waals surface area contributed by atoms with Crippen LogP contribution in [0.25, 0.3) is 22.2 Å². The monoisotopic (exact) mass is 366 g/mol. The average molecular weight is 366 g/mol. The molecule has 0 unspecified atom stereocenters. The van der Waals surface area contributed by atoms with Gasteiger partial charge in [-0.2, -0.15) is 5.26 Å². The van der Waals surface area contributed by atoms with E-state index in [0.29, 0.717) is 6.42 Å². The zero-order valence-corrected chi connectivity index (χ0v) is 15.4. The van der Waals surface area contributed by atoms with Gasteiger partial charge in [-0.3, -0.25) is 10.1 Å². The Balaban J connectivity index is 1.81. The highest BCUT2D eigenvalue weighted by Gasteiger charge is 2.15. The Morgan fingerprint density at radius 2 is 1.93 bits per heavy atom. The van der Waals surface area contributed by atoms with E-state index in [9.17, 15) is 4.79 Å². The second kappa shape index (κ2) is 7.37. The van der Waals surface area contributed by atoms with Crippen molar-refractivity contribution in [3.05, 3.63) is 89.2 Å². The molecule has 0 saturated heterocycles. The first kappa shape index (κ1) is 17.5. The van der Waals surface area contributed by atoms with Gasteiger partial charge in [0.2, 0.25) is 0 Å². The Bertz CT molecular complexity index is 1200. The first-order valence-corrected chi connectivity index (χ1v) is 8.97. The summed E-state index contributed by atoms with van der Waals surface area (Å²) in [6.07, 6.45) is 2.22. The Hall–Kier alpha value is -3.91. The predicted molar refractivity (Wildman–Crippen MR) is 109 cm³/mol. The molecule has 0 aliphatic rings. The zero-order valence-electron chi connectivity index (χ0n) is 15.4. The van der Waals surface area contributed by atoms with Gasteiger partial charge < -0.3 is 4.98 Å². The molecule has 136 valence electrons. The van der Waals surface area contributed by atoms with Crippen molar-refractivity contribution in [2.45, 2.75) is 13.3 Å². The molecule has 5 nitrogen and oxygen atoms in total. The fourth-order valence-electron chi connectivity index (χ4n) is 3.40. The molecule has 0 fully saturated rings. The molecule has 0 aliphatic carbocycles. The lowest BCUT2D eigenvalue weighted by Gasteiger charge is -2.07. The molecule has 0 spiro atoms. The summed E-state index contributed by atoms with van der Waals surface area (Å²) < 4.78 is 0. The van der Waals surface area contributed by atoms with Crippen molar-refractivity contribution >= 4 is 16.8 Å². The number of nitriles is 1. The van der Waals surface area contributed by atoms with E-state index in [4.69, 9.17) is 5.26 Å². The molecule has 0 bridgehead atoms. The minimum Gasteiger partial charge on any atom is -0.354 e. The maximum atomic E-state index is 11.9. The summed E-state index contributed by atoms with van der Waals surface area (Å²) in [7, 11) is 0. The third-order valence-electron chi connectivity index (χ3n) is 4.69. The van der Waals surface area contributed by atoms with Gasteiger partial charge in [0.25, 0.3) is 5.91 Å². The molecule has 0 saturated carbocycles. The van der Waals surface area contributed by atoms with Crippen LogP contribution in [0, 0.1) is 18.4 Å². The fourth-order valence-corrected chi connectivity index (χ4v) is 3.40. The Morgan fingerprint density at radius 1 is 1.11 bits per heavy atom.